The largest absolute Gasteiger partial charge is 0.370 e. The van der Waals surface area contributed by atoms with Gasteiger partial charge in [-0.05, 0) is 42.8 Å². The van der Waals surface area contributed by atoms with Crippen LogP contribution in [0.5, 0.6) is 0 Å². The van der Waals surface area contributed by atoms with Gasteiger partial charge in [0.25, 0.3) is 0 Å². The summed E-state index contributed by atoms with van der Waals surface area (Å²) < 4.78 is 2.21. The van der Waals surface area contributed by atoms with Gasteiger partial charge in [-0.3, -0.25) is 9.97 Å². The quantitative estimate of drug-likeness (QED) is 0.561. The van der Waals surface area contributed by atoms with Crippen LogP contribution in [0.3, 0.4) is 0 Å². The summed E-state index contributed by atoms with van der Waals surface area (Å²) in [6.07, 6.45) is 7.92. The van der Waals surface area contributed by atoms with E-state index in [-0.39, 0.29) is 0 Å². The van der Waals surface area contributed by atoms with Gasteiger partial charge in [-0.2, -0.15) is 0 Å². The van der Waals surface area contributed by atoms with E-state index in [1.165, 1.54) is 16.8 Å². The highest BCUT2D eigenvalue weighted by atomic mass is 15.1. The fraction of sp³-hybridized carbons (Fsp3) is 0.227. The van der Waals surface area contributed by atoms with Crippen LogP contribution in [0, 0.1) is 0 Å². The number of rotatable bonds is 3. The Labute approximate surface area is 158 Å². The van der Waals surface area contributed by atoms with Crippen LogP contribution in [0.25, 0.3) is 28.1 Å². The van der Waals surface area contributed by atoms with Crippen LogP contribution in [0.4, 0.5) is 5.69 Å². The van der Waals surface area contributed by atoms with E-state index in [1.54, 1.807) is 6.20 Å². The summed E-state index contributed by atoms with van der Waals surface area (Å²) in [5.41, 5.74) is 7.69. The Morgan fingerprint density at radius 1 is 0.963 bits per heavy atom. The summed E-state index contributed by atoms with van der Waals surface area (Å²) in [4.78, 5) is 16.3. The third-order valence-electron chi connectivity index (χ3n) is 5.36. The summed E-state index contributed by atoms with van der Waals surface area (Å²) in [6.45, 7) is 0.945. The predicted molar refractivity (Wildman–Crippen MR) is 110 cm³/mol. The van der Waals surface area contributed by atoms with Gasteiger partial charge in [-0.25, -0.2) is 4.98 Å². The summed E-state index contributed by atoms with van der Waals surface area (Å²) in [6, 6.07) is 12.4. The molecule has 4 aromatic rings. The molecule has 0 unspecified atom stereocenters. The fourth-order valence-corrected chi connectivity index (χ4v) is 3.84. The lowest BCUT2D eigenvalue weighted by atomic mass is 10.1. The topological polar surface area (TPSA) is 46.8 Å². The average molecular weight is 355 g/mol. The second kappa shape index (κ2) is 6.20. The van der Waals surface area contributed by atoms with Crippen LogP contribution in [-0.2, 0) is 19.9 Å². The van der Waals surface area contributed by atoms with Crippen molar-refractivity contribution in [3.8, 4) is 0 Å². The Bertz CT molecular complexity index is 1190. The molecule has 134 valence electrons. The minimum atomic E-state index is 0.859. The normalized spacial score (nSPS) is 13.5. The SMILES string of the molecule is CN1CC=Cc2c1ccc1c2nc(CCc2ccc3ncccc3n2)n1C. The van der Waals surface area contributed by atoms with Crippen molar-refractivity contribution in [3.05, 3.63) is 65.8 Å². The van der Waals surface area contributed by atoms with Crippen molar-refractivity contribution in [1.29, 1.82) is 0 Å². The van der Waals surface area contributed by atoms with Crippen molar-refractivity contribution in [2.75, 3.05) is 18.5 Å². The number of hydrogen-bond donors (Lipinski definition) is 0. The van der Waals surface area contributed by atoms with E-state index in [0.29, 0.717) is 0 Å². The van der Waals surface area contributed by atoms with E-state index in [9.17, 15) is 0 Å². The highest BCUT2D eigenvalue weighted by molar-refractivity contribution is 5.93. The number of benzene rings is 1. The molecule has 0 radical (unpaired) electrons. The second-order valence-electron chi connectivity index (χ2n) is 7.08. The van der Waals surface area contributed by atoms with Crippen molar-refractivity contribution in [3.63, 3.8) is 0 Å². The summed E-state index contributed by atoms with van der Waals surface area (Å²) in [5, 5.41) is 0. The third kappa shape index (κ3) is 2.67. The monoisotopic (exact) mass is 355 g/mol. The summed E-state index contributed by atoms with van der Waals surface area (Å²) >= 11 is 0. The van der Waals surface area contributed by atoms with Gasteiger partial charge < -0.3 is 9.47 Å². The molecular weight excluding hydrogens is 334 g/mol. The Morgan fingerprint density at radius 2 is 1.89 bits per heavy atom. The zero-order valence-electron chi connectivity index (χ0n) is 15.6. The minimum absolute atomic E-state index is 0.859. The van der Waals surface area contributed by atoms with Crippen LogP contribution < -0.4 is 4.90 Å². The van der Waals surface area contributed by atoms with Gasteiger partial charge in [0, 0.05) is 50.2 Å². The number of hydrogen-bond acceptors (Lipinski definition) is 4. The Morgan fingerprint density at radius 3 is 2.81 bits per heavy atom. The van der Waals surface area contributed by atoms with Gasteiger partial charge in [0.15, 0.2) is 0 Å². The Kier molecular flexibility index (Phi) is 3.67. The van der Waals surface area contributed by atoms with Crippen LogP contribution in [0.2, 0.25) is 0 Å². The number of fused-ring (bicyclic) bond motifs is 4. The van der Waals surface area contributed by atoms with Crippen LogP contribution in [0.15, 0.2) is 48.7 Å². The molecule has 0 saturated heterocycles. The molecule has 5 nitrogen and oxygen atoms in total. The van der Waals surface area contributed by atoms with Crippen molar-refractivity contribution in [2.24, 2.45) is 7.05 Å². The first kappa shape index (κ1) is 16.0. The first-order valence-electron chi connectivity index (χ1n) is 9.27. The highest BCUT2D eigenvalue weighted by Gasteiger charge is 2.17. The fourth-order valence-electron chi connectivity index (χ4n) is 3.84. The van der Waals surface area contributed by atoms with Crippen molar-refractivity contribution in [2.45, 2.75) is 12.8 Å². The lowest BCUT2D eigenvalue weighted by Gasteiger charge is -2.23. The standard InChI is InChI=1S/C22H21N5/c1-26-14-4-5-16-19(26)10-11-20-22(16)25-21(27(20)2)12-8-15-7-9-17-18(24-15)6-3-13-23-17/h3-7,9-11,13H,8,12,14H2,1-2H3. The molecule has 1 aliphatic rings. The number of aromatic nitrogens is 4. The summed E-state index contributed by atoms with van der Waals surface area (Å²) in [5.74, 6) is 1.09. The molecule has 4 heterocycles. The second-order valence-corrected chi connectivity index (χ2v) is 7.08. The average Bonchev–Trinajstić information content (AvgIpc) is 3.03. The Hall–Kier alpha value is -3.21. The summed E-state index contributed by atoms with van der Waals surface area (Å²) in [7, 11) is 4.23. The van der Waals surface area contributed by atoms with Crippen molar-refractivity contribution < 1.29 is 0 Å². The zero-order valence-corrected chi connectivity index (χ0v) is 15.6. The van der Waals surface area contributed by atoms with Gasteiger partial charge in [0.05, 0.1) is 22.1 Å². The molecule has 27 heavy (non-hydrogen) atoms. The van der Waals surface area contributed by atoms with E-state index in [4.69, 9.17) is 9.97 Å². The number of imidazole rings is 1. The molecule has 0 bridgehead atoms. The first-order valence-corrected chi connectivity index (χ1v) is 9.27. The Balaban J connectivity index is 1.48. The van der Waals surface area contributed by atoms with Gasteiger partial charge >= 0.3 is 0 Å². The lowest BCUT2D eigenvalue weighted by Crippen LogP contribution is -2.20. The zero-order chi connectivity index (χ0) is 18.4. The molecule has 5 rings (SSSR count). The molecular formula is C22H21N5. The number of likely N-dealkylation sites (N-methyl/N-ethyl adjacent to an activating group) is 1. The van der Waals surface area contributed by atoms with Crippen LogP contribution in [-0.4, -0.2) is 33.1 Å². The smallest absolute Gasteiger partial charge is 0.110 e. The molecule has 0 aliphatic carbocycles. The molecule has 0 amide bonds. The van der Waals surface area contributed by atoms with Crippen LogP contribution in [0.1, 0.15) is 17.1 Å². The molecule has 1 aromatic carbocycles. The van der Waals surface area contributed by atoms with Gasteiger partial charge in [-0.1, -0.05) is 12.2 Å². The molecule has 0 N–H and O–H groups in total. The molecule has 1 aliphatic heterocycles. The molecule has 5 heteroatoms. The minimum Gasteiger partial charge on any atom is -0.370 e. The number of pyridine rings is 2. The number of aryl methyl sites for hydroxylation is 3. The van der Waals surface area contributed by atoms with Crippen molar-refractivity contribution in [1.82, 2.24) is 19.5 Å². The molecule has 0 spiro atoms. The molecule has 3 aromatic heterocycles. The van der Waals surface area contributed by atoms with E-state index in [0.717, 1.165) is 47.5 Å². The maximum Gasteiger partial charge on any atom is 0.110 e. The van der Waals surface area contributed by atoms with Crippen molar-refractivity contribution >= 4 is 33.8 Å². The number of nitrogens with zero attached hydrogens (tertiary/aromatic N) is 5. The predicted octanol–water partition coefficient (Wildman–Crippen LogP) is 3.76. The van der Waals surface area contributed by atoms with Gasteiger partial charge in [-0.15, -0.1) is 0 Å². The maximum atomic E-state index is 4.98. The van der Waals surface area contributed by atoms with E-state index >= 15 is 0 Å². The van der Waals surface area contributed by atoms with E-state index in [1.807, 2.05) is 18.2 Å². The maximum absolute atomic E-state index is 4.98. The highest BCUT2D eigenvalue weighted by Crippen LogP contribution is 2.32. The molecule has 0 fully saturated rings. The van der Waals surface area contributed by atoms with E-state index < -0.39 is 0 Å². The molecule has 0 atom stereocenters. The van der Waals surface area contributed by atoms with Gasteiger partial charge in [0.1, 0.15) is 5.82 Å². The number of anilines is 1. The van der Waals surface area contributed by atoms with Crippen LogP contribution >= 0.6 is 0 Å². The first-order chi connectivity index (χ1) is 13.2. The van der Waals surface area contributed by atoms with Gasteiger partial charge in [0.2, 0.25) is 0 Å². The lowest BCUT2D eigenvalue weighted by molar-refractivity contribution is 0.777. The molecule has 0 saturated carbocycles. The van der Waals surface area contributed by atoms with E-state index in [2.05, 4.69) is 58.9 Å². The third-order valence-corrected chi connectivity index (χ3v) is 5.36.